The van der Waals surface area contributed by atoms with E-state index in [-0.39, 0.29) is 5.91 Å². The van der Waals surface area contributed by atoms with Crippen molar-refractivity contribution in [2.45, 2.75) is 13.3 Å². The maximum Gasteiger partial charge on any atom is 0.272 e. The van der Waals surface area contributed by atoms with Gasteiger partial charge in [0.15, 0.2) is 5.82 Å². The highest BCUT2D eigenvalue weighted by molar-refractivity contribution is 6.18. The topological polar surface area (TPSA) is 85.2 Å². The van der Waals surface area contributed by atoms with E-state index in [9.17, 15) is 4.79 Å². The lowest BCUT2D eigenvalue weighted by Gasteiger charge is -2.21. The zero-order chi connectivity index (χ0) is 17.6. The summed E-state index contributed by atoms with van der Waals surface area (Å²) in [7, 11) is 1.62. The summed E-state index contributed by atoms with van der Waals surface area (Å²) in [5.41, 5.74) is 1.28. The van der Waals surface area contributed by atoms with E-state index in [0.717, 1.165) is 30.8 Å². The van der Waals surface area contributed by atoms with Gasteiger partial charge >= 0.3 is 0 Å². The third kappa shape index (κ3) is 4.03. The van der Waals surface area contributed by atoms with Gasteiger partial charge in [-0.2, -0.15) is 4.68 Å². The third-order valence-electron chi connectivity index (χ3n) is 4.10. The summed E-state index contributed by atoms with van der Waals surface area (Å²) in [5.74, 6) is 1.21. The Morgan fingerprint density at radius 1 is 1.32 bits per heavy atom. The van der Waals surface area contributed by atoms with E-state index in [2.05, 4.69) is 20.8 Å². The Bertz CT molecular complexity index is 762. The van der Waals surface area contributed by atoms with Gasteiger partial charge in [0.1, 0.15) is 11.4 Å². The predicted molar refractivity (Wildman–Crippen MR) is 93.8 cm³/mol. The average Bonchev–Trinajstić information content (AvgIpc) is 2.88. The van der Waals surface area contributed by atoms with Gasteiger partial charge in [-0.05, 0) is 54.1 Å². The van der Waals surface area contributed by atoms with E-state index >= 15 is 0 Å². The number of rotatable bonds is 4. The van der Waals surface area contributed by atoms with Crippen molar-refractivity contribution in [3.05, 3.63) is 35.7 Å². The summed E-state index contributed by atoms with van der Waals surface area (Å²) in [5, 5.41) is 14.9. The molecule has 0 saturated carbocycles. The van der Waals surface area contributed by atoms with Gasteiger partial charge in [-0.15, -0.1) is 5.10 Å². The molecule has 1 N–H and O–H groups in total. The molecule has 0 atom stereocenters. The molecule has 1 fully saturated rings. The van der Waals surface area contributed by atoms with E-state index in [1.807, 2.05) is 29.2 Å². The lowest BCUT2D eigenvalue weighted by atomic mass is 10.1. The van der Waals surface area contributed by atoms with Crippen LogP contribution in [0.4, 0.5) is 0 Å². The number of nitrogens with one attached hydrogen (secondary N) is 1. The maximum absolute atomic E-state index is 13.1. The third-order valence-corrected chi connectivity index (χ3v) is 4.10. The number of aryl methyl sites for hydroxylation is 1. The number of carbonyl (C=O) groups is 1. The highest BCUT2D eigenvalue weighted by Crippen LogP contribution is 2.19. The molecule has 1 aromatic carbocycles. The van der Waals surface area contributed by atoms with Crippen molar-refractivity contribution in [1.29, 1.82) is 0 Å². The Morgan fingerprint density at radius 3 is 2.96 bits per heavy atom. The van der Waals surface area contributed by atoms with Gasteiger partial charge in [-0.25, -0.2) is 0 Å². The van der Waals surface area contributed by atoms with Gasteiger partial charge in [0.2, 0.25) is 0 Å². The first-order valence-corrected chi connectivity index (χ1v) is 8.30. The van der Waals surface area contributed by atoms with Crippen LogP contribution < -0.4 is 10.1 Å². The molecule has 8 nitrogen and oxygen atoms in total. The number of benzene rings is 1. The van der Waals surface area contributed by atoms with Crippen LogP contribution in [-0.4, -0.2) is 64.3 Å². The zero-order valence-electron chi connectivity index (χ0n) is 14.5. The van der Waals surface area contributed by atoms with Crippen LogP contribution in [0, 0.1) is 6.92 Å². The largest absolute Gasteiger partial charge is 0.497 e. The summed E-state index contributed by atoms with van der Waals surface area (Å²) in [6.45, 7) is 4.85. The molecule has 1 amide bonds. The van der Waals surface area contributed by atoms with Crippen LogP contribution in [0.25, 0.3) is 11.8 Å². The summed E-state index contributed by atoms with van der Waals surface area (Å²) in [6, 6.07) is 7.53. The molecule has 0 radical (unpaired) electrons. The van der Waals surface area contributed by atoms with E-state index in [4.69, 9.17) is 4.74 Å². The lowest BCUT2D eigenvalue weighted by Crippen LogP contribution is -2.36. The van der Waals surface area contributed by atoms with Crippen LogP contribution >= 0.6 is 0 Å². The summed E-state index contributed by atoms with van der Waals surface area (Å²) >= 11 is 0. The molecule has 1 aliphatic rings. The zero-order valence-corrected chi connectivity index (χ0v) is 14.5. The predicted octanol–water partition coefficient (Wildman–Crippen LogP) is 0.810. The van der Waals surface area contributed by atoms with Crippen molar-refractivity contribution in [2.75, 3.05) is 33.3 Å². The highest BCUT2D eigenvalue weighted by atomic mass is 16.5. The molecule has 1 saturated heterocycles. The van der Waals surface area contributed by atoms with Crippen LogP contribution in [0.15, 0.2) is 24.3 Å². The molecule has 2 aromatic rings. The Hall–Kier alpha value is -2.74. The number of ether oxygens (including phenoxy) is 1. The van der Waals surface area contributed by atoms with Crippen LogP contribution in [0.3, 0.4) is 0 Å². The second-order valence-corrected chi connectivity index (χ2v) is 5.84. The average molecular weight is 342 g/mol. The van der Waals surface area contributed by atoms with Crippen molar-refractivity contribution in [3.63, 3.8) is 0 Å². The smallest absolute Gasteiger partial charge is 0.272 e. The Kier molecular flexibility index (Phi) is 5.39. The SMILES string of the molecule is COc1cccc(/C=C(/C(=O)N2CCCNCC2)n2nnnc2C)c1. The van der Waals surface area contributed by atoms with E-state index in [0.29, 0.717) is 24.6 Å². The van der Waals surface area contributed by atoms with Crippen molar-refractivity contribution < 1.29 is 9.53 Å². The van der Waals surface area contributed by atoms with Crippen LogP contribution in [0.1, 0.15) is 17.8 Å². The fourth-order valence-electron chi connectivity index (χ4n) is 2.77. The molecule has 132 valence electrons. The minimum Gasteiger partial charge on any atom is -0.497 e. The molecule has 3 rings (SSSR count). The number of hydrogen-bond donors (Lipinski definition) is 1. The first kappa shape index (κ1) is 17.1. The molecule has 0 spiro atoms. The van der Waals surface area contributed by atoms with E-state index < -0.39 is 0 Å². The van der Waals surface area contributed by atoms with Gasteiger partial charge in [-0.3, -0.25) is 4.79 Å². The van der Waals surface area contributed by atoms with Crippen LogP contribution in [0.5, 0.6) is 5.75 Å². The Balaban J connectivity index is 1.99. The summed E-state index contributed by atoms with van der Waals surface area (Å²) in [6.07, 6.45) is 2.72. The molecule has 0 unspecified atom stereocenters. The quantitative estimate of drug-likeness (QED) is 0.828. The van der Waals surface area contributed by atoms with Gasteiger partial charge in [0.25, 0.3) is 5.91 Å². The fraction of sp³-hybridized carbons (Fsp3) is 0.412. The van der Waals surface area contributed by atoms with Crippen molar-refractivity contribution in [1.82, 2.24) is 30.4 Å². The minimum absolute atomic E-state index is 0.0816. The number of methoxy groups -OCH3 is 1. The molecule has 2 heterocycles. The van der Waals surface area contributed by atoms with Gasteiger partial charge in [0.05, 0.1) is 7.11 Å². The first-order chi connectivity index (χ1) is 12.2. The van der Waals surface area contributed by atoms with Crippen LogP contribution in [0.2, 0.25) is 0 Å². The van der Waals surface area contributed by atoms with Crippen molar-refractivity contribution in [3.8, 4) is 5.75 Å². The maximum atomic E-state index is 13.1. The van der Waals surface area contributed by atoms with Gasteiger partial charge < -0.3 is 15.0 Å². The molecule has 8 heteroatoms. The van der Waals surface area contributed by atoms with E-state index in [1.165, 1.54) is 4.68 Å². The number of aromatic nitrogens is 4. The standard InChI is InChI=1S/C17H22N6O2/c1-13-19-20-21-23(13)16(12-14-5-3-6-15(11-14)25-2)17(24)22-9-4-7-18-8-10-22/h3,5-6,11-12,18H,4,7-10H2,1-2H3/b16-12-. The van der Waals surface area contributed by atoms with Crippen molar-refractivity contribution >= 4 is 17.7 Å². The molecule has 1 aliphatic heterocycles. The van der Waals surface area contributed by atoms with E-state index in [1.54, 1.807) is 20.1 Å². The molecule has 1 aromatic heterocycles. The van der Waals surface area contributed by atoms with Gasteiger partial charge in [0, 0.05) is 19.6 Å². The van der Waals surface area contributed by atoms with Crippen molar-refractivity contribution in [2.24, 2.45) is 0 Å². The van der Waals surface area contributed by atoms with Gasteiger partial charge in [-0.1, -0.05) is 12.1 Å². The second kappa shape index (κ2) is 7.89. The summed E-state index contributed by atoms with van der Waals surface area (Å²) in [4.78, 5) is 15.0. The Labute approximate surface area is 146 Å². The number of tetrazole rings is 1. The number of hydrogen-bond acceptors (Lipinski definition) is 6. The first-order valence-electron chi connectivity index (χ1n) is 8.30. The Morgan fingerprint density at radius 2 is 2.20 bits per heavy atom. The molecule has 0 bridgehead atoms. The monoisotopic (exact) mass is 342 g/mol. The molecule has 0 aliphatic carbocycles. The molecular weight excluding hydrogens is 320 g/mol. The number of carbonyl (C=O) groups excluding carboxylic acids is 1. The lowest BCUT2D eigenvalue weighted by molar-refractivity contribution is -0.125. The second-order valence-electron chi connectivity index (χ2n) is 5.84. The highest BCUT2D eigenvalue weighted by Gasteiger charge is 2.23. The fourth-order valence-corrected chi connectivity index (χ4v) is 2.77. The summed E-state index contributed by atoms with van der Waals surface area (Å²) < 4.78 is 6.75. The normalized spacial score (nSPS) is 15.8. The molecule has 25 heavy (non-hydrogen) atoms. The number of nitrogens with zero attached hydrogens (tertiary/aromatic N) is 5. The van der Waals surface area contributed by atoms with Crippen LogP contribution in [-0.2, 0) is 4.79 Å². The minimum atomic E-state index is -0.0816. The molecular formula is C17H22N6O2. The number of amides is 1.